The molecule has 0 heterocycles. The van der Waals surface area contributed by atoms with Crippen LogP contribution in [-0.4, -0.2) is 35.4 Å². The maximum Gasteiger partial charge on any atom is 0.254 e. The molecule has 0 aliphatic carbocycles. The molecule has 0 saturated heterocycles. The Bertz CT molecular complexity index is 740. The van der Waals surface area contributed by atoms with Gasteiger partial charge in [-0.1, -0.05) is 0 Å². The molecule has 0 fully saturated rings. The second-order valence-electron chi connectivity index (χ2n) is 5.30. The van der Waals surface area contributed by atoms with E-state index in [2.05, 4.69) is 27.9 Å². The Morgan fingerprint density at radius 2 is 2.00 bits per heavy atom. The number of carbonyl (C=O) groups is 1. The molecule has 1 amide bonds. The summed E-state index contributed by atoms with van der Waals surface area (Å²) in [6.45, 7) is -0.413. The summed E-state index contributed by atoms with van der Waals surface area (Å²) in [6.07, 6.45) is -0.819. The van der Waals surface area contributed by atoms with E-state index < -0.39 is 24.4 Å². The lowest BCUT2D eigenvalue weighted by Gasteiger charge is -2.16. The second kappa shape index (κ2) is 8.97. The first-order valence-corrected chi connectivity index (χ1v) is 8.56. The Morgan fingerprint density at radius 3 is 2.60 bits per heavy atom. The largest absolute Gasteiger partial charge is 0.492 e. The minimum Gasteiger partial charge on any atom is -0.492 e. The van der Waals surface area contributed by atoms with Crippen LogP contribution in [0.15, 0.2) is 36.4 Å². The number of benzene rings is 2. The predicted molar refractivity (Wildman–Crippen MR) is 101 cm³/mol. The molecule has 0 saturated carbocycles. The summed E-state index contributed by atoms with van der Waals surface area (Å²) < 4.78 is 20.4. The average molecular weight is 460 g/mol. The first-order valence-electron chi connectivity index (χ1n) is 7.48. The van der Waals surface area contributed by atoms with Crippen molar-refractivity contribution >= 4 is 39.9 Å². The zero-order valence-corrected chi connectivity index (χ0v) is 15.4. The third kappa shape index (κ3) is 5.55. The molecule has 0 bridgehead atoms. The number of ether oxygens (including phenoxy) is 1. The van der Waals surface area contributed by atoms with Crippen LogP contribution in [-0.2, 0) is 0 Å². The lowest BCUT2D eigenvalue weighted by atomic mass is 10.1. The highest BCUT2D eigenvalue weighted by Crippen LogP contribution is 2.30. The van der Waals surface area contributed by atoms with Gasteiger partial charge in [0.1, 0.15) is 17.1 Å². The number of carbonyl (C=O) groups excluding carboxylic acids is 1. The predicted octanol–water partition coefficient (Wildman–Crippen LogP) is 2.39. The number of nitrogens with two attached hydrogens (primary N) is 1. The summed E-state index contributed by atoms with van der Waals surface area (Å²) in [5.74, 6) is -1.40. The van der Waals surface area contributed by atoms with E-state index in [1.165, 1.54) is 0 Å². The summed E-state index contributed by atoms with van der Waals surface area (Å²) in [5, 5.41) is 21.1. The van der Waals surface area contributed by atoms with E-state index in [1.807, 2.05) is 12.1 Å². The molecular formula is C17H18FIN2O4. The topological polar surface area (TPSA) is 105 Å². The van der Waals surface area contributed by atoms with Crippen molar-refractivity contribution in [2.24, 2.45) is 5.73 Å². The maximum atomic E-state index is 13.9. The zero-order chi connectivity index (χ0) is 18.4. The molecule has 2 aromatic carbocycles. The summed E-state index contributed by atoms with van der Waals surface area (Å²) in [6, 6.07) is 9.52. The van der Waals surface area contributed by atoms with Crippen LogP contribution in [0.5, 0.6) is 5.75 Å². The lowest BCUT2D eigenvalue weighted by Crippen LogP contribution is -2.19. The molecule has 1 atom stereocenters. The number of hydrogen-bond acceptors (Lipinski definition) is 5. The molecule has 6 nitrogen and oxygen atoms in total. The molecule has 2 aromatic rings. The van der Waals surface area contributed by atoms with Crippen molar-refractivity contribution in [3.8, 4) is 5.75 Å². The molecular weight excluding hydrogens is 442 g/mol. The van der Waals surface area contributed by atoms with Gasteiger partial charge < -0.3 is 26.0 Å². The van der Waals surface area contributed by atoms with Gasteiger partial charge in [-0.25, -0.2) is 4.39 Å². The van der Waals surface area contributed by atoms with E-state index in [4.69, 9.17) is 15.6 Å². The van der Waals surface area contributed by atoms with E-state index in [0.717, 1.165) is 15.7 Å². The van der Waals surface area contributed by atoms with Gasteiger partial charge in [0.15, 0.2) is 0 Å². The van der Waals surface area contributed by atoms with Crippen molar-refractivity contribution in [2.75, 3.05) is 18.5 Å². The first kappa shape index (κ1) is 19.4. The van der Waals surface area contributed by atoms with Crippen LogP contribution in [0.1, 0.15) is 16.8 Å². The summed E-state index contributed by atoms with van der Waals surface area (Å²) in [5.41, 5.74) is 6.29. The fourth-order valence-electron chi connectivity index (χ4n) is 2.13. The molecule has 0 aromatic heterocycles. The summed E-state index contributed by atoms with van der Waals surface area (Å²) in [4.78, 5) is 11.8. The third-order valence-electron chi connectivity index (χ3n) is 3.36. The van der Waals surface area contributed by atoms with Crippen LogP contribution in [0.4, 0.5) is 15.8 Å². The number of anilines is 2. The highest BCUT2D eigenvalue weighted by molar-refractivity contribution is 14.1. The van der Waals surface area contributed by atoms with Gasteiger partial charge in [0.2, 0.25) is 0 Å². The van der Waals surface area contributed by atoms with Crippen LogP contribution in [0.3, 0.4) is 0 Å². The van der Waals surface area contributed by atoms with Crippen LogP contribution < -0.4 is 15.8 Å². The number of nitrogens with one attached hydrogen (secondary N) is 1. The minimum absolute atomic E-state index is 0.00552. The molecule has 1 unspecified atom stereocenters. The van der Waals surface area contributed by atoms with Crippen LogP contribution >= 0.6 is 22.6 Å². The Morgan fingerprint density at radius 1 is 1.32 bits per heavy atom. The number of aliphatic hydroxyl groups is 2. The van der Waals surface area contributed by atoms with Crippen molar-refractivity contribution in [2.45, 2.75) is 12.5 Å². The van der Waals surface area contributed by atoms with E-state index >= 15 is 0 Å². The molecule has 134 valence electrons. The molecule has 8 heteroatoms. The molecule has 0 radical (unpaired) electrons. The Balaban J connectivity index is 2.28. The van der Waals surface area contributed by atoms with Crippen molar-refractivity contribution in [3.63, 3.8) is 0 Å². The Kier molecular flexibility index (Phi) is 6.97. The number of rotatable bonds is 8. The van der Waals surface area contributed by atoms with Crippen LogP contribution in [0.2, 0.25) is 0 Å². The number of halogens is 2. The minimum atomic E-state index is -0.949. The van der Waals surface area contributed by atoms with Gasteiger partial charge in [0.05, 0.1) is 25.0 Å². The quantitative estimate of drug-likeness (QED) is 0.453. The molecule has 0 aliphatic heterocycles. The number of amides is 1. The molecule has 0 aliphatic rings. The summed E-state index contributed by atoms with van der Waals surface area (Å²) >= 11 is 2.16. The van der Waals surface area contributed by atoms with Gasteiger partial charge in [0, 0.05) is 21.7 Å². The van der Waals surface area contributed by atoms with Crippen molar-refractivity contribution < 1.29 is 24.1 Å². The zero-order valence-electron chi connectivity index (χ0n) is 13.2. The number of hydrogen-bond donors (Lipinski definition) is 4. The van der Waals surface area contributed by atoms with E-state index in [0.29, 0.717) is 5.69 Å². The lowest BCUT2D eigenvalue weighted by molar-refractivity contribution is 0.0751. The van der Waals surface area contributed by atoms with E-state index in [1.54, 1.807) is 12.1 Å². The van der Waals surface area contributed by atoms with Gasteiger partial charge in [0.25, 0.3) is 5.91 Å². The van der Waals surface area contributed by atoms with Gasteiger partial charge in [-0.15, -0.1) is 0 Å². The smallest absolute Gasteiger partial charge is 0.254 e. The van der Waals surface area contributed by atoms with E-state index in [-0.39, 0.29) is 30.0 Å². The van der Waals surface area contributed by atoms with Gasteiger partial charge in [-0.2, -0.15) is 0 Å². The molecule has 0 spiro atoms. The second-order valence-corrected chi connectivity index (χ2v) is 6.54. The normalized spacial score (nSPS) is 11.8. The Hall–Kier alpha value is -1.91. The van der Waals surface area contributed by atoms with Crippen molar-refractivity contribution in [3.05, 3.63) is 51.3 Å². The van der Waals surface area contributed by atoms with E-state index in [9.17, 15) is 14.3 Å². The highest BCUT2D eigenvalue weighted by Gasteiger charge is 2.18. The van der Waals surface area contributed by atoms with Crippen molar-refractivity contribution in [1.29, 1.82) is 0 Å². The first-order chi connectivity index (χ1) is 11.9. The van der Waals surface area contributed by atoms with Gasteiger partial charge >= 0.3 is 0 Å². The van der Waals surface area contributed by atoms with Crippen LogP contribution in [0, 0.1) is 9.39 Å². The fraction of sp³-hybridized carbons (Fsp3) is 0.235. The summed E-state index contributed by atoms with van der Waals surface area (Å²) in [7, 11) is 0. The third-order valence-corrected chi connectivity index (χ3v) is 4.08. The molecule has 2 rings (SSSR count). The van der Waals surface area contributed by atoms with Crippen LogP contribution in [0.25, 0.3) is 0 Å². The SMILES string of the molecule is NC(=O)c1c(Nc2ccc(I)cc2)cc(F)cc1OCCC(O)CO. The highest BCUT2D eigenvalue weighted by atomic mass is 127. The monoisotopic (exact) mass is 460 g/mol. The standard InChI is InChI=1S/C17H18FIN2O4/c18-10-7-14(21-12-3-1-11(19)2-4-12)16(17(20)24)15(8-10)25-6-5-13(23)9-22/h1-4,7-8,13,21-23H,5-6,9H2,(H2,20,24). The number of primary amides is 1. The average Bonchev–Trinajstić information content (AvgIpc) is 2.56. The molecule has 25 heavy (non-hydrogen) atoms. The Labute approximate surface area is 157 Å². The van der Waals surface area contributed by atoms with Crippen molar-refractivity contribution in [1.82, 2.24) is 0 Å². The van der Waals surface area contributed by atoms with Gasteiger partial charge in [-0.05, 0) is 52.9 Å². The fourth-order valence-corrected chi connectivity index (χ4v) is 2.49. The molecule has 5 N–H and O–H groups in total. The number of aliphatic hydroxyl groups excluding tert-OH is 2. The van der Waals surface area contributed by atoms with Gasteiger partial charge in [-0.3, -0.25) is 4.79 Å². The maximum absolute atomic E-state index is 13.9.